The Kier molecular flexibility index (Phi) is 4.10. The number of pyridine rings is 1. The lowest BCUT2D eigenvalue weighted by Gasteiger charge is -2.30. The number of aryl methyl sites for hydroxylation is 1. The van der Waals surface area contributed by atoms with Gasteiger partial charge in [0.1, 0.15) is 5.82 Å². The van der Waals surface area contributed by atoms with Gasteiger partial charge in [-0.3, -0.25) is 4.98 Å². The van der Waals surface area contributed by atoms with Crippen LogP contribution in [0.2, 0.25) is 0 Å². The maximum atomic E-state index is 4.58. The molecule has 0 amide bonds. The number of nitrogens with zero attached hydrogens (tertiary/aromatic N) is 4. The fourth-order valence-corrected chi connectivity index (χ4v) is 2.86. The lowest BCUT2D eigenvalue weighted by atomic mass is 9.94. The number of rotatable bonds is 3. The molecule has 0 saturated carbocycles. The van der Waals surface area contributed by atoms with Crippen molar-refractivity contribution in [1.82, 2.24) is 19.9 Å². The summed E-state index contributed by atoms with van der Waals surface area (Å²) in [4.78, 5) is 15.8. The molecule has 110 valence electrons. The van der Waals surface area contributed by atoms with Crippen molar-refractivity contribution in [3.05, 3.63) is 42.0 Å². The van der Waals surface area contributed by atoms with E-state index >= 15 is 0 Å². The van der Waals surface area contributed by atoms with Crippen LogP contribution in [0, 0.1) is 6.92 Å². The van der Waals surface area contributed by atoms with Crippen molar-refractivity contribution in [2.75, 3.05) is 25.5 Å². The Morgan fingerprint density at radius 1 is 1.14 bits per heavy atom. The maximum absolute atomic E-state index is 4.58. The van der Waals surface area contributed by atoms with Gasteiger partial charge < -0.3 is 10.2 Å². The van der Waals surface area contributed by atoms with E-state index in [1.807, 2.05) is 19.1 Å². The maximum Gasteiger partial charge on any atom is 0.153 e. The van der Waals surface area contributed by atoms with Gasteiger partial charge in [0.2, 0.25) is 0 Å². The second kappa shape index (κ2) is 6.18. The highest BCUT2D eigenvalue weighted by Crippen LogP contribution is 2.30. The van der Waals surface area contributed by atoms with Crippen molar-refractivity contribution in [3.8, 4) is 0 Å². The number of hydrogen-bond acceptors (Lipinski definition) is 5. The molecule has 1 aliphatic heterocycles. The number of likely N-dealkylation sites (tertiary alicyclic amines) is 1. The molecule has 1 N–H and O–H groups in total. The minimum atomic E-state index is 0.434. The average molecular weight is 283 g/mol. The van der Waals surface area contributed by atoms with Gasteiger partial charge in [0, 0.05) is 31.1 Å². The molecule has 0 radical (unpaired) electrons. The summed E-state index contributed by atoms with van der Waals surface area (Å²) in [6.07, 6.45) is 7.68. The van der Waals surface area contributed by atoms with E-state index in [2.05, 4.69) is 32.2 Å². The zero-order valence-corrected chi connectivity index (χ0v) is 12.6. The second-order valence-corrected chi connectivity index (χ2v) is 5.69. The van der Waals surface area contributed by atoms with Crippen LogP contribution in [0.5, 0.6) is 0 Å². The zero-order valence-electron chi connectivity index (χ0n) is 12.6. The predicted molar refractivity (Wildman–Crippen MR) is 83.8 cm³/mol. The van der Waals surface area contributed by atoms with Crippen molar-refractivity contribution < 1.29 is 0 Å². The number of likely N-dealkylation sites (N-methyl/N-ethyl adjacent to an activating group) is 1. The van der Waals surface area contributed by atoms with Gasteiger partial charge in [-0.15, -0.1) is 0 Å². The Morgan fingerprint density at radius 2 is 1.95 bits per heavy atom. The Bertz CT molecular complexity index is 613. The SMILES string of the molecule is Cc1cccnc1Nc1nccnc1[C@@H]1CCCN(C)C1. The topological polar surface area (TPSA) is 53.9 Å². The zero-order chi connectivity index (χ0) is 14.7. The van der Waals surface area contributed by atoms with Crippen LogP contribution in [-0.2, 0) is 0 Å². The van der Waals surface area contributed by atoms with Gasteiger partial charge in [0.15, 0.2) is 5.82 Å². The third-order valence-electron chi connectivity index (χ3n) is 3.98. The van der Waals surface area contributed by atoms with Crippen LogP contribution in [0.3, 0.4) is 0 Å². The first kappa shape index (κ1) is 13.9. The predicted octanol–water partition coefficient (Wildman–Crippen LogP) is 2.73. The summed E-state index contributed by atoms with van der Waals surface area (Å²) >= 11 is 0. The third-order valence-corrected chi connectivity index (χ3v) is 3.98. The Labute approximate surface area is 125 Å². The first-order valence-corrected chi connectivity index (χ1v) is 7.42. The van der Waals surface area contributed by atoms with E-state index in [1.165, 1.54) is 19.4 Å². The molecule has 0 unspecified atom stereocenters. The molecule has 0 bridgehead atoms. The molecule has 1 aliphatic rings. The summed E-state index contributed by atoms with van der Waals surface area (Å²) in [5.41, 5.74) is 2.16. The van der Waals surface area contributed by atoms with Crippen molar-refractivity contribution in [2.24, 2.45) is 0 Å². The monoisotopic (exact) mass is 283 g/mol. The molecule has 21 heavy (non-hydrogen) atoms. The number of aromatic nitrogens is 3. The van der Waals surface area contributed by atoms with Gasteiger partial charge in [-0.05, 0) is 45.0 Å². The molecule has 2 aromatic rings. The highest BCUT2D eigenvalue weighted by atomic mass is 15.1. The molecule has 5 heteroatoms. The summed E-state index contributed by atoms with van der Waals surface area (Å²) < 4.78 is 0. The van der Waals surface area contributed by atoms with E-state index in [1.54, 1.807) is 18.6 Å². The smallest absolute Gasteiger partial charge is 0.153 e. The van der Waals surface area contributed by atoms with Crippen LogP contribution in [0.15, 0.2) is 30.7 Å². The minimum Gasteiger partial charge on any atom is -0.323 e. The highest BCUT2D eigenvalue weighted by Gasteiger charge is 2.23. The lowest BCUT2D eigenvalue weighted by molar-refractivity contribution is 0.248. The molecular weight excluding hydrogens is 262 g/mol. The summed E-state index contributed by atoms with van der Waals surface area (Å²) in [6, 6.07) is 3.98. The van der Waals surface area contributed by atoms with Crippen LogP contribution in [0.1, 0.15) is 30.0 Å². The summed E-state index contributed by atoms with van der Waals surface area (Å²) in [6.45, 7) is 4.24. The normalized spacial score (nSPS) is 19.4. The van der Waals surface area contributed by atoms with Crippen LogP contribution in [-0.4, -0.2) is 40.0 Å². The van der Waals surface area contributed by atoms with Crippen molar-refractivity contribution >= 4 is 11.6 Å². The molecule has 2 aromatic heterocycles. The van der Waals surface area contributed by atoms with Crippen LogP contribution < -0.4 is 5.32 Å². The van der Waals surface area contributed by atoms with Gasteiger partial charge >= 0.3 is 0 Å². The van der Waals surface area contributed by atoms with Crippen molar-refractivity contribution in [1.29, 1.82) is 0 Å². The van der Waals surface area contributed by atoms with Gasteiger partial charge in [-0.1, -0.05) is 6.07 Å². The van der Waals surface area contributed by atoms with Crippen LogP contribution >= 0.6 is 0 Å². The molecule has 1 fully saturated rings. The summed E-state index contributed by atoms with van der Waals surface area (Å²) in [5.74, 6) is 2.12. The number of nitrogens with one attached hydrogen (secondary N) is 1. The lowest BCUT2D eigenvalue weighted by Crippen LogP contribution is -2.31. The van der Waals surface area contributed by atoms with Gasteiger partial charge in [0.25, 0.3) is 0 Å². The van der Waals surface area contributed by atoms with E-state index < -0.39 is 0 Å². The van der Waals surface area contributed by atoms with E-state index in [0.717, 1.165) is 29.4 Å². The number of anilines is 2. The highest BCUT2D eigenvalue weighted by molar-refractivity contribution is 5.57. The first-order valence-electron chi connectivity index (χ1n) is 7.42. The molecule has 0 spiro atoms. The molecule has 3 heterocycles. The molecular formula is C16H21N5. The van der Waals surface area contributed by atoms with E-state index in [4.69, 9.17) is 0 Å². The fourth-order valence-electron chi connectivity index (χ4n) is 2.86. The second-order valence-electron chi connectivity index (χ2n) is 5.69. The summed E-state index contributed by atoms with van der Waals surface area (Å²) in [7, 11) is 2.17. The summed E-state index contributed by atoms with van der Waals surface area (Å²) in [5, 5.41) is 3.35. The van der Waals surface area contributed by atoms with Gasteiger partial charge in [0.05, 0.1) is 5.69 Å². The molecule has 1 saturated heterocycles. The number of piperidine rings is 1. The standard InChI is InChI=1S/C16H21N5/c1-12-5-3-7-18-15(12)20-16-14(17-8-9-19-16)13-6-4-10-21(2)11-13/h3,5,7-9,13H,4,6,10-11H2,1-2H3,(H,18,19,20)/t13-/m1/s1. The third kappa shape index (κ3) is 3.19. The Hall–Kier alpha value is -2.01. The van der Waals surface area contributed by atoms with Crippen molar-refractivity contribution in [2.45, 2.75) is 25.7 Å². The largest absolute Gasteiger partial charge is 0.323 e. The Morgan fingerprint density at radius 3 is 2.76 bits per heavy atom. The molecule has 3 rings (SSSR count). The van der Waals surface area contributed by atoms with E-state index in [0.29, 0.717) is 5.92 Å². The average Bonchev–Trinajstić information content (AvgIpc) is 2.50. The van der Waals surface area contributed by atoms with Gasteiger partial charge in [-0.25, -0.2) is 9.97 Å². The van der Waals surface area contributed by atoms with Gasteiger partial charge in [-0.2, -0.15) is 0 Å². The number of hydrogen-bond donors (Lipinski definition) is 1. The Balaban J connectivity index is 1.87. The first-order chi connectivity index (χ1) is 10.2. The van der Waals surface area contributed by atoms with Crippen LogP contribution in [0.25, 0.3) is 0 Å². The molecule has 1 atom stereocenters. The van der Waals surface area contributed by atoms with E-state index in [-0.39, 0.29) is 0 Å². The molecule has 0 aliphatic carbocycles. The molecule has 0 aromatic carbocycles. The fraction of sp³-hybridized carbons (Fsp3) is 0.438. The van der Waals surface area contributed by atoms with Crippen molar-refractivity contribution in [3.63, 3.8) is 0 Å². The van der Waals surface area contributed by atoms with Crippen LogP contribution in [0.4, 0.5) is 11.6 Å². The molecule has 5 nitrogen and oxygen atoms in total. The van der Waals surface area contributed by atoms with E-state index in [9.17, 15) is 0 Å². The quantitative estimate of drug-likeness (QED) is 0.938. The minimum absolute atomic E-state index is 0.434.